The van der Waals surface area contributed by atoms with E-state index in [0.717, 1.165) is 0 Å². The van der Waals surface area contributed by atoms with Crippen LogP contribution < -0.4 is 0 Å². The van der Waals surface area contributed by atoms with Crippen molar-refractivity contribution in [2.24, 2.45) is 0 Å². The second-order valence-corrected chi connectivity index (χ2v) is 3.81. The SMILES string of the molecule is CCOC(=O)C(=O)c1cc(C(F)(F)F)cc(Cl)c1O. The van der Waals surface area contributed by atoms with Crippen molar-refractivity contribution in [2.45, 2.75) is 13.1 Å². The van der Waals surface area contributed by atoms with Gasteiger partial charge in [0, 0.05) is 0 Å². The lowest BCUT2D eigenvalue weighted by molar-refractivity contribution is -0.139. The van der Waals surface area contributed by atoms with E-state index in [1.165, 1.54) is 6.92 Å². The van der Waals surface area contributed by atoms with Gasteiger partial charge in [-0.1, -0.05) is 11.6 Å². The predicted molar refractivity (Wildman–Crippen MR) is 59.1 cm³/mol. The molecular weight excluding hydrogens is 289 g/mol. The first-order chi connectivity index (χ1) is 8.68. The number of benzene rings is 1. The molecule has 0 spiro atoms. The molecule has 0 saturated heterocycles. The second-order valence-electron chi connectivity index (χ2n) is 3.40. The van der Waals surface area contributed by atoms with Crippen molar-refractivity contribution in [2.75, 3.05) is 6.61 Å². The van der Waals surface area contributed by atoms with Gasteiger partial charge in [0.05, 0.1) is 22.8 Å². The fourth-order valence-electron chi connectivity index (χ4n) is 1.24. The van der Waals surface area contributed by atoms with Crippen LogP contribution in [-0.2, 0) is 15.7 Å². The Morgan fingerprint density at radius 3 is 2.42 bits per heavy atom. The molecule has 104 valence electrons. The Kier molecular flexibility index (Phi) is 4.41. The fourth-order valence-corrected chi connectivity index (χ4v) is 1.46. The van der Waals surface area contributed by atoms with E-state index in [2.05, 4.69) is 4.74 Å². The van der Waals surface area contributed by atoms with Crippen molar-refractivity contribution in [3.8, 4) is 5.75 Å². The van der Waals surface area contributed by atoms with E-state index in [-0.39, 0.29) is 6.61 Å². The number of ether oxygens (including phenoxy) is 1. The van der Waals surface area contributed by atoms with Gasteiger partial charge in [0.25, 0.3) is 5.78 Å². The molecule has 19 heavy (non-hydrogen) atoms. The third-order valence-electron chi connectivity index (χ3n) is 2.10. The Bertz CT molecular complexity index is 525. The average Bonchev–Trinajstić information content (AvgIpc) is 2.30. The number of alkyl halides is 3. The summed E-state index contributed by atoms with van der Waals surface area (Å²) < 4.78 is 41.9. The van der Waals surface area contributed by atoms with E-state index in [0.29, 0.717) is 12.1 Å². The molecule has 1 N–H and O–H groups in total. The molecule has 0 aromatic heterocycles. The number of carbonyl (C=O) groups is 2. The number of ketones is 1. The Morgan fingerprint density at radius 1 is 1.37 bits per heavy atom. The van der Waals surface area contributed by atoms with Gasteiger partial charge in [-0.15, -0.1) is 0 Å². The minimum atomic E-state index is -4.76. The van der Waals surface area contributed by atoms with Gasteiger partial charge in [0.15, 0.2) is 0 Å². The molecule has 0 aliphatic rings. The second kappa shape index (κ2) is 5.48. The van der Waals surface area contributed by atoms with Gasteiger partial charge in [-0.25, -0.2) is 4.79 Å². The highest BCUT2D eigenvalue weighted by atomic mass is 35.5. The molecule has 0 heterocycles. The third-order valence-corrected chi connectivity index (χ3v) is 2.38. The number of esters is 1. The Labute approximate surface area is 110 Å². The highest BCUT2D eigenvalue weighted by Gasteiger charge is 2.34. The third kappa shape index (κ3) is 3.37. The number of Topliss-reactive ketones (excluding diaryl/α,β-unsaturated/α-hetero) is 1. The predicted octanol–water partition coefficient (Wildman–Crippen LogP) is 2.81. The topological polar surface area (TPSA) is 63.6 Å². The number of carbonyl (C=O) groups excluding carboxylic acids is 2. The van der Waals surface area contributed by atoms with E-state index in [1.54, 1.807) is 0 Å². The van der Waals surface area contributed by atoms with Crippen LogP contribution in [0.3, 0.4) is 0 Å². The largest absolute Gasteiger partial charge is 0.506 e. The first kappa shape index (κ1) is 15.3. The maximum Gasteiger partial charge on any atom is 0.416 e. The molecule has 0 saturated carbocycles. The van der Waals surface area contributed by atoms with Gasteiger partial charge >= 0.3 is 12.1 Å². The zero-order chi connectivity index (χ0) is 14.8. The molecule has 0 aliphatic heterocycles. The monoisotopic (exact) mass is 296 g/mol. The average molecular weight is 297 g/mol. The van der Waals surface area contributed by atoms with E-state index in [4.69, 9.17) is 11.6 Å². The number of hydrogen-bond acceptors (Lipinski definition) is 4. The van der Waals surface area contributed by atoms with Crippen molar-refractivity contribution in [1.29, 1.82) is 0 Å². The summed E-state index contributed by atoms with van der Waals surface area (Å²) in [5.41, 5.74) is -2.10. The molecule has 1 aromatic rings. The van der Waals surface area contributed by atoms with Crippen LogP contribution in [0.4, 0.5) is 13.2 Å². The molecule has 4 nitrogen and oxygen atoms in total. The van der Waals surface area contributed by atoms with E-state index in [9.17, 15) is 27.9 Å². The first-order valence-corrected chi connectivity index (χ1v) is 5.37. The number of halogens is 4. The Balaban J connectivity index is 3.31. The molecule has 0 unspecified atom stereocenters. The van der Waals surface area contributed by atoms with Crippen molar-refractivity contribution in [1.82, 2.24) is 0 Å². The molecule has 8 heteroatoms. The number of hydrogen-bond donors (Lipinski definition) is 1. The van der Waals surface area contributed by atoms with E-state index >= 15 is 0 Å². The van der Waals surface area contributed by atoms with Crippen LogP contribution in [0.15, 0.2) is 12.1 Å². The summed E-state index contributed by atoms with van der Waals surface area (Å²) in [6, 6.07) is 0.805. The summed E-state index contributed by atoms with van der Waals surface area (Å²) in [5.74, 6) is -3.66. The van der Waals surface area contributed by atoms with Crippen LogP contribution in [0.5, 0.6) is 5.75 Å². The zero-order valence-electron chi connectivity index (χ0n) is 9.55. The van der Waals surface area contributed by atoms with Crippen LogP contribution in [0, 0.1) is 0 Å². The van der Waals surface area contributed by atoms with Gasteiger partial charge in [-0.3, -0.25) is 4.79 Å². The van der Waals surface area contributed by atoms with Gasteiger partial charge in [0.2, 0.25) is 0 Å². The van der Waals surface area contributed by atoms with Gasteiger partial charge in [0.1, 0.15) is 5.75 Å². The lowest BCUT2D eigenvalue weighted by atomic mass is 10.1. The molecule has 0 radical (unpaired) electrons. The maximum absolute atomic E-state index is 12.5. The van der Waals surface area contributed by atoms with Gasteiger partial charge in [-0.05, 0) is 19.1 Å². The number of rotatable bonds is 3. The Hall–Kier alpha value is -1.76. The molecule has 0 atom stereocenters. The highest BCUT2D eigenvalue weighted by Crippen LogP contribution is 2.37. The standard InChI is InChI=1S/C11H8ClF3O4/c1-2-19-10(18)9(17)6-3-5(11(13,14)15)4-7(12)8(6)16/h3-4,16H,2H2,1H3. The molecule has 0 fully saturated rings. The van der Waals surface area contributed by atoms with Gasteiger partial charge in [-0.2, -0.15) is 13.2 Å². The fraction of sp³-hybridized carbons (Fsp3) is 0.273. The van der Waals surface area contributed by atoms with Crippen LogP contribution in [0.2, 0.25) is 5.02 Å². The smallest absolute Gasteiger partial charge is 0.416 e. The summed E-state index contributed by atoms with van der Waals surface area (Å²) in [5, 5.41) is 8.77. The Morgan fingerprint density at radius 2 is 1.95 bits per heavy atom. The summed E-state index contributed by atoms with van der Waals surface area (Å²) in [6.07, 6.45) is -4.76. The van der Waals surface area contributed by atoms with E-state index in [1.807, 2.05) is 0 Å². The van der Waals surface area contributed by atoms with Crippen molar-refractivity contribution in [3.63, 3.8) is 0 Å². The first-order valence-electron chi connectivity index (χ1n) is 4.99. The molecular formula is C11H8ClF3O4. The highest BCUT2D eigenvalue weighted by molar-refractivity contribution is 6.42. The van der Waals surface area contributed by atoms with Gasteiger partial charge < -0.3 is 9.84 Å². The molecule has 0 amide bonds. The van der Waals surface area contributed by atoms with Crippen LogP contribution in [0.25, 0.3) is 0 Å². The van der Waals surface area contributed by atoms with E-state index < -0.39 is 39.8 Å². The summed E-state index contributed by atoms with van der Waals surface area (Å²) in [6.45, 7) is 1.29. The molecule has 0 bridgehead atoms. The normalized spacial score (nSPS) is 11.2. The minimum absolute atomic E-state index is 0.127. The lowest BCUT2D eigenvalue weighted by Crippen LogP contribution is -2.18. The molecule has 0 aliphatic carbocycles. The summed E-state index contributed by atoms with van der Waals surface area (Å²) in [4.78, 5) is 22.7. The van der Waals surface area contributed by atoms with Crippen LogP contribution in [0.1, 0.15) is 22.8 Å². The summed E-state index contributed by atoms with van der Waals surface area (Å²) >= 11 is 5.40. The van der Waals surface area contributed by atoms with Crippen molar-refractivity contribution in [3.05, 3.63) is 28.3 Å². The molecule has 1 rings (SSSR count). The molecule has 1 aromatic carbocycles. The lowest BCUT2D eigenvalue weighted by Gasteiger charge is -2.11. The quantitative estimate of drug-likeness (QED) is 0.529. The number of phenolic OH excluding ortho intramolecular Hbond substituents is 1. The number of aromatic hydroxyl groups is 1. The van der Waals surface area contributed by atoms with Crippen LogP contribution in [-0.4, -0.2) is 23.5 Å². The minimum Gasteiger partial charge on any atom is -0.506 e. The number of phenols is 1. The van der Waals surface area contributed by atoms with Crippen molar-refractivity contribution >= 4 is 23.4 Å². The maximum atomic E-state index is 12.5. The summed E-state index contributed by atoms with van der Waals surface area (Å²) in [7, 11) is 0. The van der Waals surface area contributed by atoms with Crippen LogP contribution >= 0.6 is 11.6 Å². The zero-order valence-corrected chi connectivity index (χ0v) is 10.3. The van der Waals surface area contributed by atoms with Crippen molar-refractivity contribution < 1.29 is 32.6 Å².